The SMILES string of the molecule is COc1ccc(C(=O)Nc2nc(C)cs2)cc1C#CCO. The zero-order valence-electron chi connectivity index (χ0n) is 11.6. The first kappa shape index (κ1) is 15.0. The molecule has 0 radical (unpaired) electrons. The van der Waals surface area contributed by atoms with Crippen molar-refractivity contribution in [2.24, 2.45) is 0 Å². The Kier molecular flexibility index (Phi) is 4.93. The van der Waals surface area contributed by atoms with Crippen LogP contribution >= 0.6 is 11.3 Å². The summed E-state index contributed by atoms with van der Waals surface area (Å²) in [4.78, 5) is 16.3. The number of carbonyl (C=O) groups is 1. The molecule has 0 saturated heterocycles. The number of aliphatic hydroxyl groups excluding tert-OH is 1. The van der Waals surface area contributed by atoms with E-state index in [1.807, 2.05) is 12.3 Å². The van der Waals surface area contributed by atoms with Gasteiger partial charge in [-0.2, -0.15) is 0 Å². The lowest BCUT2D eigenvalue weighted by Crippen LogP contribution is -2.12. The highest BCUT2D eigenvalue weighted by atomic mass is 32.1. The van der Waals surface area contributed by atoms with E-state index in [2.05, 4.69) is 22.1 Å². The van der Waals surface area contributed by atoms with Gasteiger partial charge in [-0.3, -0.25) is 10.1 Å². The molecule has 0 fully saturated rings. The molecule has 0 saturated carbocycles. The van der Waals surface area contributed by atoms with Crippen LogP contribution in [0.5, 0.6) is 5.75 Å². The van der Waals surface area contributed by atoms with Gasteiger partial charge in [0.15, 0.2) is 5.13 Å². The molecule has 108 valence electrons. The highest BCUT2D eigenvalue weighted by molar-refractivity contribution is 7.13. The molecule has 0 aliphatic rings. The average Bonchev–Trinajstić information content (AvgIpc) is 2.89. The van der Waals surface area contributed by atoms with Crippen molar-refractivity contribution in [1.82, 2.24) is 4.98 Å². The van der Waals surface area contributed by atoms with Gasteiger partial charge in [-0.1, -0.05) is 11.8 Å². The van der Waals surface area contributed by atoms with Gasteiger partial charge in [0.25, 0.3) is 5.91 Å². The van der Waals surface area contributed by atoms with Gasteiger partial charge in [0, 0.05) is 10.9 Å². The van der Waals surface area contributed by atoms with Crippen LogP contribution in [-0.2, 0) is 0 Å². The van der Waals surface area contributed by atoms with Crippen LogP contribution in [-0.4, -0.2) is 29.7 Å². The number of aryl methyl sites for hydroxylation is 1. The molecule has 2 N–H and O–H groups in total. The van der Waals surface area contributed by atoms with E-state index in [1.165, 1.54) is 18.4 Å². The summed E-state index contributed by atoms with van der Waals surface area (Å²) < 4.78 is 5.17. The molecule has 0 bridgehead atoms. The third-order valence-electron chi connectivity index (χ3n) is 2.60. The minimum atomic E-state index is -0.265. The van der Waals surface area contributed by atoms with E-state index in [0.29, 0.717) is 22.0 Å². The zero-order valence-corrected chi connectivity index (χ0v) is 12.5. The summed E-state index contributed by atoms with van der Waals surface area (Å²) in [7, 11) is 1.53. The van der Waals surface area contributed by atoms with Gasteiger partial charge in [-0.25, -0.2) is 4.98 Å². The van der Waals surface area contributed by atoms with Crippen LogP contribution in [0, 0.1) is 18.8 Å². The largest absolute Gasteiger partial charge is 0.495 e. The number of nitrogens with zero attached hydrogens (tertiary/aromatic N) is 1. The number of hydrogen-bond donors (Lipinski definition) is 2. The summed E-state index contributed by atoms with van der Waals surface area (Å²) >= 11 is 1.37. The minimum absolute atomic E-state index is 0.252. The van der Waals surface area contributed by atoms with Gasteiger partial charge in [-0.05, 0) is 25.1 Å². The van der Waals surface area contributed by atoms with E-state index < -0.39 is 0 Å². The molecule has 6 heteroatoms. The Hall–Kier alpha value is -2.36. The van der Waals surface area contributed by atoms with Crippen molar-refractivity contribution < 1.29 is 14.6 Å². The molecule has 1 aromatic carbocycles. The van der Waals surface area contributed by atoms with Gasteiger partial charge in [0.2, 0.25) is 0 Å². The zero-order chi connectivity index (χ0) is 15.2. The molecule has 5 nitrogen and oxygen atoms in total. The van der Waals surface area contributed by atoms with E-state index in [4.69, 9.17) is 9.84 Å². The number of rotatable bonds is 3. The third-order valence-corrected chi connectivity index (χ3v) is 3.48. The number of hydrogen-bond acceptors (Lipinski definition) is 5. The third kappa shape index (κ3) is 3.81. The lowest BCUT2D eigenvalue weighted by atomic mass is 10.1. The Bertz CT molecular complexity index is 713. The van der Waals surface area contributed by atoms with Crippen LogP contribution in [0.4, 0.5) is 5.13 Å². The van der Waals surface area contributed by atoms with Crippen LogP contribution in [0.15, 0.2) is 23.6 Å². The predicted molar refractivity (Wildman–Crippen MR) is 81.8 cm³/mol. The molecule has 2 rings (SSSR count). The van der Waals surface area contributed by atoms with Crippen molar-refractivity contribution in [1.29, 1.82) is 0 Å². The molecule has 0 aliphatic heterocycles. The summed E-state index contributed by atoms with van der Waals surface area (Å²) in [5.74, 6) is 5.59. The van der Waals surface area contributed by atoms with Crippen molar-refractivity contribution in [3.63, 3.8) is 0 Å². The Morgan fingerprint density at radius 3 is 2.95 bits per heavy atom. The van der Waals surface area contributed by atoms with Crippen molar-refractivity contribution in [3.05, 3.63) is 40.4 Å². The van der Waals surface area contributed by atoms with Crippen LogP contribution in [0.25, 0.3) is 0 Å². The number of benzene rings is 1. The molecule has 1 amide bonds. The number of anilines is 1. The highest BCUT2D eigenvalue weighted by Gasteiger charge is 2.11. The molecule has 2 aromatic rings. The average molecular weight is 302 g/mol. The topological polar surface area (TPSA) is 71.5 Å². The second-order valence-corrected chi connectivity index (χ2v) is 4.98. The molecule has 0 aliphatic carbocycles. The van der Waals surface area contributed by atoms with Crippen LogP contribution in [0.1, 0.15) is 21.6 Å². The molecule has 1 heterocycles. The summed E-state index contributed by atoms with van der Waals surface area (Å²) in [5, 5.41) is 13.9. The standard InChI is InChI=1S/C15H14N2O3S/c1-10-9-21-15(16-10)17-14(19)12-5-6-13(20-2)11(8-12)4-3-7-18/h5-6,8-9,18H,7H2,1-2H3,(H,16,17,19). The van der Waals surface area contributed by atoms with Crippen LogP contribution in [0.3, 0.4) is 0 Å². The van der Waals surface area contributed by atoms with Crippen LogP contribution in [0.2, 0.25) is 0 Å². The number of ether oxygens (including phenoxy) is 1. The highest BCUT2D eigenvalue weighted by Crippen LogP contribution is 2.20. The molecule has 0 unspecified atom stereocenters. The van der Waals surface area contributed by atoms with Crippen molar-refractivity contribution in [3.8, 4) is 17.6 Å². The number of methoxy groups -OCH3 is 1. The number of amides is 1. The molecular formula is C15H14N2O3S. The fourth-order valence-corrected chi connectivity index (χ4v) is 2.35. The maximum atomic E-state index is 12.2. The fraction of sp³-hybridized carbons (Fsp3) is 0.200. The van der Waals surface area contributed by atoms with Crippen molar-refractivity contribution in [2.75, 3.05) is 19.0 Å². The maximum absolute atomic E-state index is 12.2. The van der Waals surface area contributed by atoms with E-state index in [1.54, 1.807) is 18.2 Å². The first-order chi connectivity index (χ1) is 10.1. The Labute approximate surface area is 126 Å². The summed E-state index contributed by atoms with van der Waals surface area (Å²) in [5.41, 5.74) is 1.86. The lowest BCUT2D eigenvalue weighted by molar-refractivity contribution is 0.102. The van der Waals surface area contributed by atoms with E-state index in [9.17, 15) is 4.79 Å². The number of carbonyl (C=O) groups excluding carboxylic acids is 1. The lowest BCUT2D eigenvalue weighted by Gasteiger charge is -2.06. The first-order valence-corrected chi connectivity index (χ1v) is 7.03. The second kappa shape index (κ2) is 6.88. The Balaban J connectivity index is 2.24. The second-order valence-electron chi connectivity index (χ2n) is 4.12. The normalized spacial score (nSPS) is 9.67. The van der Waals surface area contributed by atoms with Crippen molar-refractivity contribution >= 4 is 22.4 Å². The summed E-state index contributed by atoms with van der Waals surface area (Å²) in [6.07, 6.45) is 0. The van der Waals surface area contributed by atoms with Gasteiger partial charge in [0.1, 0.15) is 12.4 Å². The molecule has 0 spiro atoms. The molecular weight excluding hydrogens is 288 g/mol. The van der Waals surface area contributed by atoms with Crippen molar-refractivity contribution in [2.45, 2.75) is 6.92 Å². The Morgan fingerprint density at radius 2 is 2.33 bits per heavy atom. The van der Waals surface area contributed by atoms with E-state index in [0.717, 1.165) is 5.69 Å². The van der Waals surface area contributed by atoms with Gasteiger partial charge in [-0.15, -0.1) is 11.3 Å². The number of nitrogens with one attached hydrogen (secondary N) is 1. The number of aliphatic hydroxyl groups is 1. The number of thiazole rings is 1. The first-order valence-electron chi connectivity index (χ1n) is 6.15. The van der Waals surface area contributed by atoms with E-state index >= 15 is 0 Å². The molecule has 21 heavy (non-hydrogen) atoms. The number of aromatic nitrogens is 1. The van der Waals surface area contributed by atoms with E-state index in [-0.39, 0.29) is 12.5 Å². The quantitative estimate of drug-likeness (QED) is 0.851. The summed E-state index contributed by atoms with van der Waals surface area (Å²) in [6.45, 7) is 1.61. The van der Waals surface area contributed by atoms with Gasteiger partial charge >= 0.3 is 0 Å². The van der Waals surface area contributed by atoms with Gasteiger partial charge < -0.3 is 9.84 Å². The minimum Gasteiger partial charge on any atom is -0.495 e. The van der Waals surface area contributed by atoms with Gasteiger partial charge in [0.05, 0.1) is 18.4 Å². The molecule has 0 atom stereocenters. The monoisotopic (exact) mass is 302 g/mol. The van der Waals surface area contributed by atoms with Crippen LogP contribution < -0.4 is 10.1 Å². The maximum Gasteiger partial charge on any atom is 0.257 e. The fourth-order valence-electron chi connectivity index (χ4n) is 1.66. The Morgan fingerprint density at radius 1 is 1.52 bits per heavy atom. The predicted octanol–water partition coefficient (Wildman–Crippen LogP) is 2.06. The summed E-state index contributed by atoms with van der Waals surface area (Å²) in [6, 6.07) is 4.94. The molecule has 1 aromatic heterocycles. The smallest absolute Gasteiger partial charge is 0.257 e.